The molecular formula is C29H31N5O3. The monoisotopic (exact) mass is 497 g/mol. The Labute approximate surface area is 216 Å². The summed E-state index contributed by atoms with van der Waals surface area (Å²) < 4.78 is 1.75. The quantitative estimate of drug-likeness (QED) is 0.286. The third-order valence-electron chi connectivity index (χ3n) is 6.16. The molecule has 2 N–H and O–H groups in total. The van der Waals surface area contributed by atoms with Crippen molar-refractivity contribution in [1.29, 1.82) is 0 Å². The Morgan fingerprint density at radius 1 is 1.00 bits per heavy atom. The fourth-order valence-electron chi connectivity index (χ4n) is 4.20. The number of nitrogens with zero attached hydrogens (tertiary/aromatic N) is 4. The number of hydrogen-bond donors (Lipinski definition) is 2. The number of carboxylic acid groups (broad SMARTS) is 1. The first kappa shape index (κ1) is 25.6. The van der Waals surface area contributed by atoms with E-state index in [0.29, 0.717) is 11.4 Å². The van der Waals surface area contributed by atoms with Crippen molar-refractivity contribution in [2.75, 3.05) is 18.9 Å². The summed E-state index contributed by atoms with van der Waals surface area (Å²) in [5.41, 5.74) is 4.38. The summed E-state index contributed by atoms with van der Waals surface area (Å²) in [4.78, 5) is 30.1. The first-order chi connectivity index (χ1) is 18.0. The fourth-order valence-corrected chi connectivity index (χ4v) is 4.20. The Morgan fingerprint density at radius 2 is 1.76 bits per heavy atom. The van der Waals surface area contributed by atoms with Crippen LogP contribution in [0.25, 0.3) is 16.9 Å². The number of anilines is 1. The molecule has 190 valence electrons. The first-order valence-corrected chi connectivity index (χ1v) is 12.4. The molecule has 4 aromatic rings. The molecule has 0 aliphatic heterocycles. The minimum atomic E-state index is -0.930. The van der Waals surface area contributed by atoms with Crippen LogP contribution in [0.1, 0.15) is 48.1 Å². The molecule has 2 heterocycles. The molecular weight excluding hydrogens is 466 g/mol. The minimum Gasteiger partial charge on any atom is -0.481 e. The van der Waals surface area contributed by atoms with Crippen molar-refractivity contribution in [3.8, 4) is 16.9 Å². The lowest BCUT2D eigenvalue weighted by Gasteiger charge is -2.24. The van der Waals surface area contributed by atoms with E-state index in [2.05, 4.69) is 22.3 Å². The van der Waals surface area contributed by atoms with E-state index in [4.69, 9.17) is 5.11 Å². The Bertz CT molecular complexity index is 1340. The molecule has 1 amide bonds. The Kier molecular flexibility index (Phi) is 8.30. The fraction of sp³-hybridized carbons (Fsp3) is 0.241. The molecule has 1 unspecified atom stereocenters. The molecule has 0 bridgehead atoms. The molecule has 1 atom stereocenters. The van der Waals surface area contributed by atoms with Gasteiger partial charge in [-0.1, -0.05) is 61.9 Å². The van der Waals surface area contributed by atoms with Crippen LogP contribution in [0.4, 0.5) is 5.69 Å². The molecule has 8 heteroatoms. The summed E-state index contributed by atoms with van der Waals surface area (Å²) in [6.07, 6.45) is 7.17. The molecule has 0 aliphatic rings. The molecule has 0 saturated carbocycles. The Hall–Kier alpha value is -4.46. The van der Waals surface area contributed by atoms with Gasteiger partial charge >= 0.3 is 5.97 Å². The van der Waals surface area contributed by atoms with Gasteiger partial charge in [-0.3, -0.25) is 9.59 Å². The van der Waals surface area contributed by atoms with Crippen LogP contribution in [0, 0.1) is 0 Å². The molecule has 0 radical (unpaired) electrons. The van der Waals surface area contributed by atoms with E-state index >= 15 is 0 Å². The maximum atomic E-state index is 13.1. The third kappa shape index (κ3) is 6.41. The van der Waals surface area contributed by atoms with Gasteiger partial charge in [0.2, 0.25) is 0 Å². The molecule has 37 heavy (non-hydrogen) atoms. The summed E-state index contributed by atoms with van der Waals surface area (Å²) in [5, 5.41) is 17.0. The van der Waals surface area contributed by atoms with Crippen molar-refractivity contribution in [2.45, 2.75) is 32.2 Å². The van der Waals surface area contributed by atoms with E-state index in [0.717, 1.165) is 35.2 Å². The van der Waals surface area contributed by atoms with E-state index in [9.17, 15) is 9.59 Å². The highest BCUT2D eigenvalue weighted by molar-refractivity contribution is 5.96. The summed E-state index contributed by atoms with van der Waals surface area (Å²) in [7, 11) is 1.63. The van der Waals surface area contributed by atoms with Gasteiger partial charge in [-0.25, -0.2) is 9.67 Å². The van der Waals surface area contributed by atoms with Crippen LogP contribution in [0.5, 0.6) is 0 Å². The summed E-state index contributed by atoms with van der Waals surface area (Å²) >= 11 is 0. The zero-order valence-corrected chi connectivity index (χ0v) is 21.0. The van der Waals surface area contributed by atoms with Gasteiger partial charge in [0.1, 0.15) is 0 Å². The highest BCUT2D eigenvalue weighted by Gasteiger charge is 2.21. The molecule has 4 rings (SSSR count). The lowest BCUT2D eigenvalue weighted by Crippen LogP contribution is -2.30. The van der Waals surface area contributed by atoms with Gasteiger partial charge in [-0.2, -0.15) is 5.10 Å². The van der Waals surface area contributed by atoms with Gasteiger partial charge in [-0.15, -0.1) is 0 Å². The van der Waals surface area contributed by atoms with Crippen LogP contribution in [0.15, 0.2) is 85.3 Å². The summed E-state index contributed by atoms with van der Waals surface area (Å²) in [6, 6.07) is 21.3. The number of amides is 1. The first-order valence-electron chi connectivity index (χ1n) is 12.4. The van der Waals surface area contributed by atoms with Crippen molar-refractivity contribution >= 4 is 17.6 Å². The van der Waals surface area contributed by atoms with Crippen molar-refractivity contribution in [3.63, 3.8) is 0 Å². The maximum Gasteiger partial charge on any atom is 0.305 e. The van der Waals surface area contributed by atoms with Crippen LogP contribution < -0.4 is 5.32 Å². The Morgan fingerprint density at radius 3 is 2.46 bits per heavy atom. The van der Waals surface area contributed by atoms with Gasteiger partial charge in [0, 0.05) is 30.9 Å². The minimum absolute atomic E-state index is 0.0951. The van der Waals surface area contributed by atoms with Gasteiger partial charge in [-0.05, 0) is 35.7 Å². The molecule has 2 aromatic heterocycles. The number of carbonyl (C=O) groups excluding carboxylic acids is 1. The highest BCUT2D eigenvalue weighted by Crippen LogP contribution is 2.28. The van der Waals surface area contributed by atoms with E-state index in [-0.39, 0.29) is 24.9 Å². The molecule has 0 aliphatic carbocycles. The van der Waals surface area contributed by atoms with E-state index in [1.807, 2.05) is 73.1 Å². The standard InChI is InChI=1S/C29H31N5O3/c1-3-9-26(24-12-7-8-13-25(24)29(37)33(2)17-16-28(35)36)32-23-14-15-27(30-19-23)34-20-22(18-31-34)21-10-5-4-6-11-21/h4-8,10-15,18-20,26,32H,3,9,16-17H2,1-2H3,(H,35,36). The van der Waals surface area contributed by atoms with E-state index in [1.165, 1.54) is 4.90 Å². The Balaban J connectivity index is 1.51. The van der Waals surface area contributed by atoms with E-state index < -0.39 is 5.97 Å². The van der Waals surface area contributed by atoms with Crippen LogP contribution in [0.2, 0.25) is 0 Å². The second kappa shape index (κ2) is 12.0. The highest BCUT2D eigenvalue weighted by atomic mass is 16.4. The second-order valence-corrected chi connectivity index (χ2v) is 8.89. The average molecular weight is 498 g/mol. The number of benzene rings is 2. The van der Waals surface area contributed by atoms with E-state index in [1.54, 1.807) is 24.0 Å². The third-order valence-corrected chi connectivity index (χ3v) is 6.16. The number of hydrogen-bond acceptors (Lipinski definition) is 5. The van der Waals surface area contributed by atoms with Crippen molar-refractivity contribution in [2.24, 2.45) is 0 Å². The van der Waals surface area contributed by atoms with Gasteiger partial charge in [0.05, 0.1) is 30.5 Å². The number of nitrogens with one attached hydrogen (secondary N) is 1. The summed E-state index contributed by atoms with van der Waals surface area (Å²) in [6.45, 7) is 2.25. The number of carbonyl (C=O) groups is 2. The van der Waals surface area contributed by atoms with Crippen LogP contribution >= 0.6 is 0 Å². The predicted octanol–water partition coefficient (Wildman–Crippen LogP) is 5.43. The lowest BCUT2D eigenvalue weighted by molar-refractivity contribution is -0.137. The van der Waals surface area contributed by atoms with Gasteiger partial charge < -0.3 is 15.3 Å². The maximum absolute atomic E-state index is 13.1. The second-order valence-electron chi connectivity index (χ2n) is 8.89. The number of rotatable bonds is 11. The van der Waals surface area contributed by atoms with Crippen LogP contribution in [-0.2, 0) is 4.79 Å². The van der Waals surface area contributed by atoms with Gasteiger partial charge in [0.25, 0.3) is 5.91 Å². The number of carboxylic acids is 1. The number of aliphatic carboxylic acids is 1. The van der Waals surface area contributed by atoms with Crippen LogP contribution in [0.3, 0.4) is 0 Å². The smallest absolute Gasteiger partial charge is 0.305 e. The average Bonchev–Trinajstić information content (AvgIpc) is 3.42. The molecule has 0 saturated heterocycles. The normalized spacial score (nSPS) is 11.6. The number of pyridine rings is 1. The molecule has 0 spiro atoms. The van der Waals surface area contributed by atoms with Crippen LogP contribution in [-0.4, -0.2) is 50.2 Å². The lowest BCUT2D eigenvalue weighted by atomic mass is 9.96. The van der Waals surface area contributed by atoms with Crippen molar-refractivity contribution < 1.29 is 14.7 Å². The molecule has 0 fully saturated rings. The zero-order chi connectivity index (χ0) is 26.2. The van der Waals surface area contributed by atoms with Gasteiger partial charge in [0.15, 0.2) is 5.82 Å². The van der Waals surface area contributed by atoms with Crippen molar-refractivity contribution in [1.82, 2.24) is 19.7 Å². The zero-order valence-electron chi connectivity index (χ0n) is 21.0. The predicted molar refractivity (Wildman–Crippen MR) is 144 cm³/mol. The largest absolute Gasteiger partial charge is 0.481 e. The SMILES string of the molecule is CCCC(Nc1ccc(-n2cc(-c3ccccc3)cn2)nc1)c1ccccc1C(=O)N(C)CCC(=O)O. The summed E-state index contributed by atoms with van der Waals surface area (Å²) in [5.74, 6) is -0.419. The molecule has 8 nitrogen and oxygen atoms in total. The van der Waals surface area contributed by atoms with Crippen molar-refractivity contribution in [3.05, 3.63) is 96.4 Å². The number of aromatic nitrogens is 3. The molecule has 2 aromatic carbocycles. The topological polar surface area (TPSA) is 100 Å².